The van der Waals surface area contributed by atoms with Gasteiger partial charge in [0.2, 0.25) is 0 Å². The number of para-hydroxylation sites is 2. The molecule has 0 bridgehead atoms. The highest BCUT2D eigenvalue weighted by molar-refractivity contribution is 7.92. The largest absolute Gasteiger partial charge is 0.493 e. The highest BCUT2D eigenvalue weighted by Crippen LogP contribution is 2.24. The van der Waals surface area contributed by atoms with Crippen molar-refractivity contribution in [2.75, 3.05) is 23.3 Å². The van der Waals surface area contributed by atoms with Crippen LogP contribution in [0.2, 0.25) is 0 Å². The van der Waals surface area contributed by atoms with Crippen molar-refractivity contribution < 1.29 is 17.9 Å². The number of rotatable bonds is 7. The van der Waals surface area contributed by atoms with Crippen LogP contribution in [0, 0.1) is 0 Å². The van der Waals surface area contributed by atoms with Crippen LogP contribution in [0.3, 0.4) is 0 Å². The Labute approximate surface area is 170 Å². The first-order valence-electron chi connectivity index (χ1n) is 9.10. The van der Waals surface area contributed by atoms with Gasteiger partial charge in [0, 0.05) is 12.7 Å². The van der Waals surface area contributed by atoms with Gasteiger partial charge in [0.15, 0.2) is 0 Å². The molecule has 0 heterocycles. The monoisotopic (exact) mass is 410 g/mol. The van der Waals surface area contributed by atoms with Gasteiger partial charge in [-0.05, 0) is 55.5 Å². The predicted molar refractivity (Wildman–Crippen MR) is 114 cm³/mol. The molecule has 1 N–H and O–H groups in total. The molecule has 29 heavy (non-hydrogen) atoms. The molecule has 0 saturated carbocycles. The van der Waals surface area contributed by atoms with E-state index in [1.54, 1.807) is 60.7 Å². The van der Waals surface area contributed by atoms with E-state index >= 15 is 0 Å². The second-order valence-electron chi connectivity index (χ2n) is 6.22. The van der Waals surface area contributed by atoms with Crippen molar-refractivity contribution in [3.05, 3.63) is 84.4 Å². The van der Waals surface area contributed by atoms with Crippen LogP contribution in [0.4, 0.5) is 11.4 Å². The van der Waals surface area contributed by atoms with Crippen LogP contribution in [0.15, 0.2) is 83.8 Å². The zero-order valence-corrected chi connectivity index (χ0v) is 17.0. The van der Waals surface area contributed by atoms with Crippen molar-refractivity contribution in [2.24, 2.45) is 0 Å². The van der Waals surface area contributed by atoms with E-state index in [4.69, 9.17) is 4.74 Å². The fourth-order valence-corrected chi connectivity index (χ4v) is 3.97. The molecule has 0 unspecified atom stereocenters. The lowest BCUT2D eigenvalue weighted by atomic mass is 10.2. The van der Waals surface area contributed by atoms with E-state index in [1.165, 1.54) is 23.5 Å². The van der Waals surface area contributed by atoms with Crippen LogP contribution in [0.1, 0.15) is 17.3 Å². The molecule has 0 aromatic heterocycles. The average Bonchev–Trinajstić information content (AvgIpc) is 2.75. The standard InChI is InChI=1S/C22H22N2O4S/c1-3-28-21-12-8-7-11-20(21)22(25)23-17-13-15-19(16-14-17)29(26,27)24(2)18-9-5-4-6-10-18/h4-16H,3H2,1-2H3,(H,23,25). The third kappa shape index (κ3) is 4.57. The molecule has 0 aliphatic heterocycles. The number of anilines is 2. The molecule has 0 aliphatic rings. The second-order valence-corrected chi connectivity index (χ2v) is 8.19. The lowest BCUT2D eigenvalue weighted by molar-refractivity contribution is 0.102. The summed E-state index contributed by atoms with van der Waals surface area (Å²) in [5, 5.41) is 2.77. The van der Waals surface area contributed by atoms with Gasteiger partial charge in [0.05, 0.1) is 22.8 Å². The van der Waals surface area contributed by atoms with Crippen LogP contribution in [-0.4, -0.2) is 28.0 Å². The highest BCUT2D eigenvalue weighted by Gasteiger charge is 2.21. The summed E-state index contributed by atoms with van der Waals surface area (Å²) >= 11 is 0. The molecular weight excluding hydrogens is 388 g/mol. The summed E-state index contributed by atoms with van der Waals surface area (Å²) in [5.41, 5.74) is 1.47. The summed E-state index contributed by atoms with van der Waals surface area (Å²) in [6.07, 6.45) is 0. The number of nitrogens with zero attached hydrogens (tertiary/aromatic N) is 1. The molecule has 6 nitrogen and oxygen atoms in total. The Kier molecular flexibility index (Phi) is 6.19. The summed E-state index contributed by atoms with van der Waals surface area (Å²) in [5.74, 6) is 0.169. The quantitative estimate of drug-likeness (QED) is 0.635. The number of amides is 1. The van der Waals surface area contributed by atoms with Crippen LogP contribution < -0.4 is 14.4 Å². The number of hydrogen-bond donors (Lipinski definition) is 1. The van der Waals surface area contributed by atoms with E-state index in [9.17, 15) is 13.2 Å². The molecule has 150 valence electrons. The van der Waals surface area contributed by atoms with Gasteiger partial charge in [-0.3, -0.25) is 9.10 Å². The number of carbonyl (C=O) groups excluding carboxylic acids is 1. The Morgan fingerprint density at radius 1 is 0.931 bits per heavy atom. The fraction of sp³-hybridized carbons (Fsp3) is 0.136. The molecule has 7 heteroatoms. The Balaban J connectivity index is 1.78. The Hall–Kier alpha value is -3.32. The second kappa shape index (κ2) is 8.79. The van der Waals surface area contributed by atoms with Gasteiger partial charge in [-0.1, -0.05) is 30.3 Å². The Morgan fingerprint density at radius 3 is 2.21 bits per heavy atom. The van der Waals surface area contributed by atoms with Crippen molar-refractivity contribution in [3.8, 4) is 5.75 Å². The zero-order chi connectivity index (χ0) is 20.9. The van der Waals surface area contributed by atoms with Gasteiger partial charge < -0.3 is 10.1 Å². The Bertz CT molecular complexity index is 1080. The summed E-state index contributed by atoms with van der Waals surface area (Å²) in [7, 11) is -2.20. The lowest BCUT2D eigenvalue weighted by Crippen LogP contribution is -2.26. The van der Waals surface area contributed by atoms with Crippen LogP contribution in [0.5, 0.6) is 5.75 Å². The highest BCUT2D eigenvalue weighted by atomic mass is 32.2. The van der Waals surface area contributed by atoms with Crippen molar-refractivity contribution >= 4 is 27.3 Å². The van der Waals surface area contributed by atoms with Gasteiger partial charge in [0.25, 0.3) is 15.9 Å². The summed E-state index contributed by atoms with van der Waals surface area (Å²) in [6, 6.07) is 21.9. The molecule has 0 fully saturated rings. The first-order chi connectivity index (χ1) is 13.9. The van der Waals surface area contributed by atoms with Crippen molar-refractivity contribution in [2.45, 2.75) is 11.8 Å². The van der Waals surface area contributed by atoms with E-state index < -0.39 is 10.0 Å². The summed E-state index contributed by atoms with van der Waals surface area (Å²) < 4.78 is 32.4. The normalized spacial score (nSPS) is 11.0. The smallest absolute Gasteiger partial charge is 0.264 e. The maximum absolute atomic E-state index is 12.8. The first kappa shape index (κ1) is 20.4. The fourth-order valence-electron chi connectivity index (χ4n) is 2.78. The molecule has 0 spiro atoms. The van der Waals surface area contributed by atoms with Crippen LogP contribution in [0.25, 0.3) is 0 Å². The average molecular weight is 410 g/mol. The summed E-state index contributed by atoms with van der Waals surface area (Å²) in [4.78, 5) is 12.7. The minimum absolute atomic E-state index is 0.136. The molecule has 0 radical (unpaired) electrons. The van der Waals surface area contributed by atoms with Crippen LogP contribution in [-0.2, 0) is 10.0 Å². The molecule has 3 aromatic carbocycles. The van der Waals surface area contributed by atoms with E-state index in [0.717, 1.165) is 0 Å². The van der Waals surface area contributed by atoms with Crippen LogP contribution >= 0.6 is 0 Å². The number of carbonyl (C=O) groups is 1. The molecule has 0 aliphatic carbocycles. The van der Waals surface area contributed by atoms with Gasteiger partial charge in [-0.25, -0.2) is 8.42 Å². The van der Waals surface area contributed by atoms with Crippen molar-refractivity contribution in [3.63, 3.8) is 0 Å². The minimum Gasteiger partial charge on any atom is -0.493 e. The molecule has 1 amide bonds. The molecular formula is C22H22N2O4S. The van der Waals surface area contributed by atoms with E-state index in [0.29, 0.717) is 29.3 Å². The Morgan fingerprint density at radius 2 is 1.55 bits per heavy atom. The third-order valence-electron chi connectivity index (χ3n) is 4.32. The summed E-state index contributed by atoms with van der Waals surface area (Å²) in [6.45, 7) is 2.30. The topological polar surface area (TPSA) is 75.7 Å². The lowest BCUT2D eigenvalue weighted by Gasteiger charge is -2.19. The van der Waals surface area contributed by atoms with Gasteiger partial charge in [0.1, 0.15) is 5.75 Å². The van der Waals surface area contributed by atoms with E-state index in [-0.39, 0.29) is 10.8 Å². The molecule has 3 aromatic rings. The van der Waals surface area contributed by atoms with Crippen molar-refractivity contribution in [1.29, 1.82) is 0 Å². The number of hydrogen-bond acceptors (Lipinski definition) is 4. The number of sulfonamides is 1. The maximum Gasteiger partial charge on any atom is 0.264 e. The zero-order valence-electron chi connectivity index (χ0n) is 16.2. The van der Waals surface area contributed by atoms with E-state index in [1.807, 2.05) is 13.0 Å². The number of ether oxygens (including phenoxy) is 1. The molecule has 3 rings (SSSR count). The first-order valence-corrected chi connectivity index (χ1v) is 10.5. The SMILES string of the molecule is CCOc1ccccc1C(=O)Nc1ccc(S(=O)(=O)N(C)c2ccccc2)cc1. The van der Waals surface area contributed by atoms with Crippen molar-refractivity contribution in [1.82, 2.24) is 0 Å². The minimum atomic E-state index is -3.70. The van der Waals surface area contributed by atoms with Gasteiger partial charge in [-0.2, -0.15) is 0 Å². The molecule has 0 saturated heterocycles. The van der Waals surface area contributed by atoms with Gasteiger partial charge >= 0.3 is 0 Å². The number of nitrogens with one attached hydrogen (secondary N) is 1. The maximum atomic E-state index is 12.8. The van der Waals surface area contributed by atoms with Gasteiger partial charge in [-0.15, -0.1) is 0 Å². The predicted octanol–water partition coefficient (Wildman–Crippen LogP) is 4.16. The van der Waals surface area contributed by atoms with E-state index in [2.05, 4.69) is 5.32 Å². The molecule has 0 atom stereocenters. The third-order valence-corrected chi connectivity index (χ3v) is 6.12. The number of benzene rings is 3.